The first kappa shape index (κ1) is 15.4. The van der Waals surface area contributed by atoms with Crippen LogP contribution in [0.25, 0.3) is 44.3 Å². The van der Waals surface area contributed by atoms with Gasteiger partial charge in [-0.1, -0.05) is 62.4 Å². The Morgan fingerprint density at radius 3 is 2.53 bits per heavy atom. The number of pyridine rings is 1. The molecule has 5 aromatic rings. The Balaban J connectivity index is 1.62. The Morgan fingerprint density at radius 2 is 1.69 bits per heavy atom. The minimum atomic E-state index is -1.81. The summed E-state index contributed by atoms with van der Waals surface area (Å²) in [6.45, 7) is 5.42. The average molecular weight is 423 g/mol. The standard InChI is InChI=1S/C30H28NO/c1-19-11-14-25-24-9-7-8-23(20-12-13-21-17-30(2,3)18-22(21)16-20)28(24)32-29(25)27(19)26-10-5-6-15-31(26)4/h5-16H,17-18H2,1-4H3/q+1/i17D2,18D2. The fourth-order valence-corrected chi connectivity index (χ4v) is 4.92. The predicted octanol–water partition coefficient (Wildman–Crippen LogP) is 7.18. The molecule has 0 bridgehead atoms. The van der Waals surface area contributed by atoms with Crippen molar-refractivity contribution < 1.29 is 14.5 Å². The first-order chi connectivity index (χ1) is 17.0. The van der Waals surface area contributed by atoms with Crippen molar-refractivity contribution in [3.63, 3.8) is 0 Å². The zero-order valence-corrected chi connectivity index (χ0v) is 18.8. The molecule has 0 saturated heterocycles. The second-order valence-electron chi connectivity index (χ2n) is 9.25. The van der Waals surface area contributed by atoms with E-state index >= 15 is 0 Å². The van der Waals surface area contributed by atoms with E-state index in [9.17, 15) is 0 Å². The lowest BCUT2D eigenvalue weighted by atomic mass is 9.90. The van der Waals surface area contributed by atoms with E-state index in [0.717, 1.165) is 49.9 Å². The molecule has 0 saturated carbocycles. The maximum absolute atomic E-state index is 8.80. The Hall–Kier alpha value is -3.39. The van der Waals surface area contributed by atoms with Crippen molar-refractivity contribution >= 4 is 21.9 Å². The number of aromatic nitrogens is 1. The number of benzene rings is 3. The summed E-state index contributed by atoms with van der Waals surface area (Å²) in [5, 5.41) is 2.03. The van der Waals surface area contributed by atoms with Crippen LogP contribution in [0.2, 0.25) is 0 Å². The number of aryl methyl sites for hydroxylation is 2. The zero-order chi connectivity index (χ0) is 25.6. The third-order valence-corrected chi connectivity index (χ3v) is 6.41. The van der Waals surface area contributed by atoms with Gasteiger partial charge < -0.3 is 4.42 Å². The second-order valence-corrected chi connectivity index (χ2v) is 9.25. The van der Waals surface area contributed by atoms with Crippen LogP contribution in [-0.4, -0.2) is 0 Å². The smallest absolute Gasteiger partial charge is 0.216 e. The lowest BCUT2D eigenvalue weighted by Crippen LogP contribution is -2.30. The molecule has 0 amide bonds. The van der Waals surface area contributed by atoms with Gasteiger partial charge in [0.2, 0.25) is 5.69 Å². The maximum Gasteiger partial charge on any atom is 0.216 e. The summed E-state index contributed by atoms with van der Waals surface area (Å²) >= 11 is 0. The number of hydrogen-bond donors (Lipinski definition) is 0. The molecule has 1 aliphatic carbocycles. The Bertz CT molecular complexity index is 1700. The van der Waals surface area contributed by atoms with Gasteiger partial charge in [-0.15, -0.1) is 0 Å². The predicted molar refractivity (Wildman–Crippen MR) is 132 cm³/mol. The van der Waals surface area contributed by atoms with Gasteiger partial charge in [-0.25, -0.2) is 4.57 Å². The van der Waals surface area contributed by atoms with Gasteiger partial charge in [0.15, 0.2) is 6.20 Å². The molecule has 2 aromatic heterocycles. The van der Waals surface area contributed by atoms with Crippen molar-refractivity contribution in [2.75, 3.05) is 0 Å². The first-order valence-corrected chi connectivity index (χ1v) is 11.0. The quantitative estimate of drug-likeness (QED) is 0.275. The molecule has 0 atom stereocenters. The number of furan rings is 1. The summed E-state index contributed by atoms with van der Waals surface area (Å²) in [6.07, 6.45) is -1.55. The van der Waals surface area contributed by atoms with E-state index in [1.165, 1.54) is 0 Å². The van der Waals surface area contributed by atoms with Gasteiger partial charge in [0, 0.05) is 34.0 Å². The van der Waals surface area contributed by atoms with Gasteiger partial charge in [-0.3, -0.25) is 0 Å². The summed E-state index contributed by atoms with van der Waals surface area (Å²) < 4.78 is 43.6. The van der Waals surface area contributed by atoms with E-state index in [4.69, 9.17) is 9.90 Å². The summed E-state index contributed by atoms with van der Waals surface area (Å²) in [5.74, 6) is 0. The van der Waals surface area contributed by atoms with Crippen LogP contribution in [0.5, 0.6) is 0 Å². The fraction of sp³-hybridized carbons (Fsp3) is 0.233. The monoisotopic (exact) mass is 422 g/mol. The number of fused-ring (bicyclic) bond motifs is 4. The van der Waals surface area contributed by atoms with Gasteiger partial charge in [-0.05, 0) is 53.4 Å². The number of para-hydroxylation sites is 1. The third kappa shape index (κ3) is 2.90. The molecule has 0 N–H and O–H groups in total. The molecular weight excluding hydrogens is 390 g/mol. The van der Waals surface area contributed by atoms with E-state index < -0.39 is 18.2 Å². The van der Waals surface area contributed by atoms with Crippen molar-refractivity contribution in [2.24, 2.45) is 12.5 Å². The summed E-state index contributed by atoms with van der Waals surface area (Å²) in [5.41, 5.74) is 6.15. The molecule has 2 heterocycles. The number of rotatable bonds is 2. The molecule has 32 heavy (non-hydrogen) atoms. The minimum Gasteiger partial charge on any atom is -0.454 e. The van der Waals surface area contributed by atoms with E-state index in [-0.39, 0.29) is 0 Å². The molecular formula is C30H28NO+. The van der Waals surface area contributed by atoms with Crippen LogP contribution in [0.3, 0.4) is 0 Å². The van der Waals surface area contributed by atoms with Crippen LogP contribution in [0.4, 0.5) is 0 Å². The van der Waals surface area contributed by atoms with E-state index in [0.29, 0.717) is 11.1 Å². The third-order valence-electron chi connectivity index (χ3n) is 6.41. The lowest BCUT2D eigenvalue weighted by Gasteiger charge is -2.14. The zero-order valence-electron chi connectivity index (χ0n) is 22.8. The second kappa shape index (κ2) is 6.80. The Labute approximate surface area is 194 Å². The van der Waals surface area contributed by atoms with Gasteiger partial charge in [0.25, 0.3) is 0 Å². The highest BCUT2D eigenvalue weighted by atomic mass is 16.3. The Kier molecular flexibility index (Phi) is 3.28. The molecule has 2 heteroatoms. The summed E-state index contributed by atoms with van der Waals surface area (Å²) in [6, 6.07) is 21.9. The molecule has 0 unspecified atom stereocenters. The highest BCUT2D eigenvalue weighted by molar-refractivity contribution is 6.13. The Morgan fingerprint density at radius 1 is 0.875 bits per heavy atom. The van der Waals surface area contributed by atoms with Crippen molar-refractivity contribution in [3.05, 3.63) is 89.6 Å². The van der Waals surface area contributed by atoms with Gasteiger partial charge in [-0.2, -0.15) is 0 Å². The van der Waals surface area contributed by atoms with E-state index in [2.05, 4.69) is 35.8 Å². The molecule has 0 aliphatic heterocycles. The van der Waals surface area contributed by atoms with E-state index in [1.807, 2.05) is 49.6 Å². The molecule has 158 valence electrons. The van der Waals surface area contributed by atoms with Crippen LogP contribution in [0, 0.1) is 12.3 Å². The van der Waals surface area contributed by atoms with Crippen molar-refractivity contribution in [2.45, 2.75) is 33.5 Å². The highest BCUT2D eigenvalue weighted by Crippen LogP contribution is 2.42. The highest BCUT2D eigenvalue weighted by Gasteiger charge is 2.28. The maximum atomic E-state index is 8.80. The summed E-state index contributed by atoms with van der Waals surface area (Å²) in [4.78, 5) is 0. The summed E-state index contributed by atoms with van der Waals surface area (Å²) in [7, 11) is 2.03. The SMILES string of the molecule is [2H]C1([2H])c2ccc(-c3cccc4c3oc3c(-c5cccc[n+]5C)c(C)ccc34)cc2C([2H])([2H])C1(C)C. The molecule has 6 rings (SSSR count). The fourth-order valence-electron chi connectivity index (χ4n) is 4.92. The normalized spacial score (nSPS) is 19.9. The van der Waals surface area contributed by atoms with Crippen molar-refractivity contribution in [1.29, 1.82) is 0 Å². The average Bonchev–Trinajstić information content (AvgIpc) is 3.26. The van der Waals surface area contributed by atoms with Crippen LogP contribution < -0.4 is 4.57 Å². The molecule has 2 nitrogen and oxygen atoms in total. The number of hydrogen-bond acceptors (Lipinski definition) is 1. The first-order valence-electron chi connectivity index (χ1n) is 13.0. The van der Waals surface area contributed by atoms with Crippen LogP contribution in [0.15, 0.2) is 77.3 Å². The molecule has 0 spiro atoms. The number of nitrogens with zero attached hydrogens (tertiary/aromatic N) is 1. The van der Waals surface area contributed by atoms with Crippen molar-refractivity contribution in [3.8, 4) is 22.4 Å². The molecule has 1 aliphatic rings. The van der Waals surface area contributed by atoms with Crippen LogP contribution >= 0.6 is 0 Å². The molecule has 0 fully saturated rings. The van der Waals surface area contributed by atoms with Gasteiger partial charge in [0.05, 0.1) is 5.56 Å². The van der Waals surface area contributed by atoms with Crippen LogP contribution in [0.1, 0.15) is 36.0 Å². The molecule has 3 aromatic carbocycles. The van der Waals surface area contributed by atoms with Gasteiger partial charge >= 0.3 is 0 Å². The lowest BCUT2D eigenvalue weighted by molar-refractivity contribution is -0.660. The van der Waals surface area contributed by atoms with Crippen molar-refractivity contribution in [1.82, 2.24) is 0 Å². The minimum absolute atomic E-state index is 0.413. The largest absolute Gasteiger partial charge is 0.454 e. The molecule has 0 radical (unpaired) electrons. The van der Waals surface area contributed by atoms with Gasteiger partial charge in [0.1, 0.15) is 18.2 Å². The van der Waals surface area contributed by atoms with E-state index in [1.54, 1.807) is 19.9 Å². The topological polar surface area (TPSA) is 17.0 Å². The van der Waals surface area contributed by atoms with Crippen LogP contribution in [-0.2, 0) is 19.8 Å².